The molecule has 6 heteroatoms. The van der Waals surface area contributed by atoms with E-state index in [1.54, 1.807) is 11.6 Å². The molecule has 2 rings (SSSR count). The average molecular weight is 260 g/mol. The van der Waals surface area contributed by atoms with Crippen molar-refractivity contribution >= 4 is 5.91 Å². The second kappa shape index (κ2) is 5.51. The molecule has 6 nitrogen and oxygen atoms in total. The maximum atomic E-state index is 11.2. The number of carbonyl (C=O) groups is 1. The minimum atomic E-state index is -0.587. The molecule has 0 saturated heterocycles. The molecule has 0 fully saturated rings. The first-order chi connectivity index (χ1) is 9.15. The molecule has 2 N–H and O–H groups in total. The molecule has 0 aliphatic rings. The minimum absolute atomic E-state index is 0.172. The molecule has 0 spiro atoms. The predicted molar refractivity (Wildman–Crippen MR) is 70.4 cm³/mol. The third-order valence-corrected chi connectivity index (χ3v) is 2.68. The first-order valence-electron chi connectivity index (χ1n) is 6.09. The number of aromatic nitrogens is 3. The molecule has 0 atom stereocenters. The monoisotopic (exact) mass is 260 g/mol. The zero-order chi connectivity index (χ0) is 13.8. The Morgan fingerprint density at radius 2 is 2.16 bits per heavy atom. The number of benzene rings is 1. The summed E-state index contributed by atoms with van der Waals surface area (Å²) in [6.07, 6.45) is 0.914. The van der Waals surface area contributed by atoms with E-state index in [4.69, 9.17) is 10.5 Å². The molecule has 1 heterocycles. The van der Waals surface area contributed by atoms with Crippen LogP contribution in [0.25, 0.3) is 5.69 Å². The van der Waals surface area contributed by atoms with Crippen molar-refractivity contribution in [3.05, 3.63) is 35.7 Å². The molecule has 0 unspecified atom stereocenters. The molecule has 100 valence electrons. The number of ether oxygens (including phenoxy) is 1. The van der Waals surface area contributed by atoms with Gasteiger partial charge in [-0.15, -0.1) is 5.10 Å². The standard InChI is InChI=1S/C13H16N4O2/c1-3-8-19-11-7-5-4-6-10(11)17-9(2)12(13(14)18)15-16-17/h4-7H,3,8H2,1-2H3,(H2,14,18). The molecule has 0 saturated carbocycles. The molecule has 19 heavy (non-hydrogen) atoms. The van der Waals surface area contributed by atoms with E-state index in [2.05, 4.69) is 10.3 Å². The molecular formula is C13H16N4O2. The van der Waals surface area contributed by atoms with Crippen molar-refractivity contribution in [1.29, 1.82) is 0 Å². The van der Waals surface area contributed by atoms with Gasteiger partial charge in [0.25, 0.3) is 5.91 Å². The summed E-state index contributed by atoms with van der Waals surface area (Å²) in [4.78, 5) is 11.2. The fourth-order valence-electron chi connectivity index (χ4n) is 1.75. The van der Waals surface area contributed by atoms with Crippen LogP contribution in [0.1, 0.15) is 29.5 Å². The van der Waals surface area contributed by atoms with Gasteiger partial charge < -0.3 is 10.5 Å². The Labute approximate surface area is 111 Å². The van der Waals surface area contributed by atoms with Crippen molar-refractivity contribution in [2.75, 3.05) is 6.61 Å². The van der Waals surface area contributed by atoms with Crippen LogP contribution in [-0.2, 0) is 0 Å². The topological polar surface area (TPSA) is 83.0 Å². The van der Waals surface area contributed by atoms with Crippen LogP contribution in [0.3, 0.4) is 0 Å². The molecule has 0 aliphatic carbocycles. The number of nitrogens with zero attached hydrogens (tertiary/aromatic N) is 3. The van der Waals surface area contributed by atoms with Crippen molar-refractivity contribution in [2.24, 2.45) is 5.73 Å². The van der Waals surface area contributed by atoms with Gasteiger partial charge in [-0.3, -0.25) is 4.79 Å². The Bertz CT molecular complexity index is 592. The Hall–Kier alpha value is -2.37. The first-order valence-corrected chi connectivity index (χ1v) is 6.09. The number of hydrogen-bond acceptors (Lipinski definition) is 4. The van der Waals surface area contributed by atoms with Crippen LogP contribution in [0.5, 0.6) is 5.75 Å². The molecule has 0 aliphatic heterocycles. The summed E-state index contributed by atoms with van der Waals surface area (Å²) in [6, 6.07) is 7.47. The van der Waals surface area contributed by atoms with Crippen molar-refractivity contribution in [2.45, 2.75) is 20.3 Å². The van der Waals surface area contributed by atoms with Gasteiger partial charge in [0.05, 0.1) is 12.3 Å². The molecule has 0 bridgehead atoms. The van der Waals surface area contributed by atoms with Gasteiger partial charge in [0.2, 0.25) is 0 Å². The van der Waals surface area contributed by atoms with Crippen molar-refractivity contribution < 1.29 is 9.53 Å². The number of rotatable bonds is 5. The summed E-state index contributed by atoms with van der Waals surface area (Å²) >= 11 is 0. The van der Waals surface area contributed by atoms with Crippen LogP contribution in [-0.4, -0.2) is 27.5 Å². The predicted octanol–water partition coefficient (Wildman–Crippen LogP) is 1.46. The minimum Gasteiger partial charge on any atom is -0.491 e. The lowest BCUT2D eigenvalue weighted by Crippen LogP contribution is -2.13. The van der Waals surface area contributed by atoms with E-state index >= 15 is 0 Å². The summed E-state index contributed by atoms with van der Waals surface area (Å²) in [5, 5.41) is 7.76. The number of amides is 1. The van der Waals surface area contributed by atoms with E-state index in [1.807, 2.05) is 31.2 Å². The quantitative estimate of drug-likeness (QED) is 0.882. The van der Waals surface area contributed by atoms with Crippen LogP contribution < -0.4 is 10.5 Å². The van der Waals surface area contributed by atoms with Gasteiger partial charge in [-0.1, -0.05) is 24.3 Å². The summed E-state index contributed by atoms with van der Waals surface area (Å²) in [5.74, 6) is 0.115. The third kappa shape index (κ3) is 2.57. The zero-order valence-corrected chi connectivity index (χ0v) is 11.0. The van der Waals surface area contributed by atoms with Gasteiger partial charge >= 0.3 is 0 Å². The Morgan fingerprint density at radius 3 is 2.79 bits per heavy atom. The molecular weight excluding hydrogens is 244 g/mol. The summed E-state index contributed by atoms with van der Waals surface area (Å²) < 4.78 is 7.22. The highest BCUT2D eigenvalue weighted by atomic mass is 16.5. The van der Waals surface area contributed by atoms with Crippen LogP contribution in [0.15, 0.2) is 24.3 Å². The van der Waals surface area contributed by atoms with E-state index in [9.17, 15) is 4.79 Å². The van der Waals surface area contributed by atoms with Crippen LogP contribution in [0, 0.1) is 6.92 Å². The van der Waals surface area contributed by atoms with E-state index in [0.29, 0.717) is 18.1 Å². The van der Waals surface area contributed by atoms with Gasteiger partial charge in [0, 0.05) is 0 Å². The van der Waals surface area contributed by atoms with Crippen LogP contribution in [0.4, 0.5) is 0 Å². The lowest BCUT2D eigenvalue weighted by molar-refractivity contribution is 0.0995. The highest BCUT2D eigenvalue weighted by molar-refractivity contribution is 5.91. The number of primary amides is 1. The highest BCUT2D eigenvalue weighted by Gasteiger charge is 2.16. The van der Waals surface area contributed by atoms with Crippen LogP contribution in [0.2, 0.25) is 0 Å². The van der Waals surface area contributed by atoms with Gasteiger partial charge in [0.15, 0.2) is 5.69 Å². The highest BCUT2D eigenvalue weighted by Crippen LogP contribution is 2.23. The second-order valence-corrected chi connectivity index (χ2v) is 4.12. The third-order valence-electron chi connectivity index (χ3n) is 2.68. The zero-order valence-electron chi connectivity index (χ0n) is 11.0. The lowest BCUT2D eigenvalue weighted by Gasteiger charge is -2.11. The van der Waals surface area contributed by atoms with Crippen molar-refractivity contribution in [3.63, 3.8) is 0 Å². The molecule has 1 aromatic heterocycles. The van der Waals surface area contributed by atoms with Gasteiger partial charge in [-0.2, -0.15) is 0 Å². The SMILES string of the molecule is CCCOc1ccccc1-n1nnc(C(N)=O)c1C. The fourth-order valence-corrected chi connectivity index (χ4v) is 1.75. The Kier molecular flexibility index (Phi) is 3.79. The Balaban J connectivity index is 2.44. The lowest BCUT2D eigenvalue weighted by atomic mass is 10.2. The number of para-hydroxylation sites is 2. The number of hydrogen-bond donors (Lipinski definition) is 1. The number of carbonyl (C=O) groups excluding carboxylic acids is 1. The number of nitrogens with two attached hydrogens (primary N) is 1. The largest absolute Gasteiger partial charge is 0.491 e. The second-order valence-electron chi connectivity index (χ2n) is 4.12. The summed E-state index contributed by atoms with van der Waals surface area (Å²) in [5.41, 5.74) is 6.75. The van der Waals surface area contributed by atoms with E-state index in [1.165, 1.54) is 0 Å². The van der Waals surface area contributed by atoms with Crippen LogP contribution >= 0.6 is 0 Å². The fraction of sp³-hybridized carbons (Fsp3) is 0.308. The van der Waals surface area contributed by atoms with E-state index in [-0.39, 0.29) is 5.69 Å². The van der Waals surface area contributed by atoms with Gasteiger partial charge in [0.1, 0.15) is 11.4 Å². The summed E-state index contributed by atoms with van der Waals surface area (Å²) in [7, 11) is 0. The summed E-state index contributed by atoms with van der Waals surface area (Å²) in [6.45, 7) is 4.40. The molecule has 1 amide bonds. The van der Waals surface area contributed by atoms with Crippen molar-refractivity contribution in [1.82, 2.24) is 15.0 Å². The molecule has 2 aromatic rings. The Morgan fingerprint density at radius 1 is 1.42 bits per heavy atom. The average Bonchev–Trinajstić information content (AvgIpc) is 2.78. The smallest absolute Gasteiger partial charge is 0.271 e. The normalized spacial score (nSPS) is 10.4. The van der Waals surface area contributed by atoms with E-state index in [0.717, 1.165) is 12.1 Å². The maximum absolute atomic E-state index is 11.2. The maximum Gasteiger partial charge on any atom is 0.271 e. The van der Waals surface area contributed by atoms with Crippen molar-refractivity contribution in [3.8, 4) is 11.4 Å². The van der Waals surface area contributed by atoms with Gasteiger partial charge in [-0.25, -0.2) is 4.68 Å². The van der Waals surface area contributed by atoms with Gasteiger partial charge in [-0.05, 0) is 25.5 Å². The van der Waals surface area contributed by atoms with E-state index < -0.39 is 5.91 Å². The first kappa shape index (κ1) is 13.1. The molecule has 1 aromatic carbocycles. The molecule has 0 radical (unpaired) electrons.